The van der Waals surface area contributed by atoms with E-state index in [2.05, 4.69) is 0 Å². The number of benzene rings is 1. The van der Waals surface area contributed by atoms with Crippen LogP contribution in [0.15, 0.2) is 24.3 Å². The SMILES string of the molecule is O=C(OC[C@H]1O[C@H](O[C@]2(CO)O[C@H](CO)[C@@H](O)[C@@H]2O)[C@H](O)[C@@H](O)[C@@H]1O)c1ccccc1C(=O)OC[C@H]1O[C@H](O[C@]2(CO)O[C@H](CO)[C@@H](O)[C@@H]2O)[C@H](O)[C@@H](O)[C@@H]1O. The van der Waals surface area contributed by atoms with Crippen LogP contribution in [0.3, 0.4) is 0 Å². The minimum Gasteiger partial charge on any atom is -0.459 e. The van der Waals surface area contributed by atoms with Crippen molar-refractivity contribution in [3.05, 3.63) is 35.4 Å². The molecule has 56 heavy (non-hydrogen) atoms. The Hall–Kier alpha value is -2.64. The minimum absolute atomic E-state index is 0.419. The molecule has 4 aliphatic heterocycles. The van der Waals surface area contributed by atoms with E-state index in [4.69, 9.17) is 37.9 Å². The molecule has 4 heterocycles. The van der Waals surface area contributed by atoms with Gasteiger partial charge < -0.3 is 109 Å². The zero-order valence-electron chi connectivity index (χ0n) is 29.1. The Kier molecular flexibility index (Phi) is 14.4. The average Bonchev–Trinajstić information content (AvgIpc) is 3.60. The van der Waals surface area contributed by atoms with E-state index in [0.29, 0.717) is 0 Å². The van der Waals surface area contributed by atoms with E-state index in [1.165, 1.54) is 12.1 Å². The summed E-state index contributed by atoms with van der Waals surface area (Å²) < 4.78 is 42.7. The van der Waals surface area contributed by atoms with Crippen LogP contribution in [-0.2, 0) is 37.9 Å². The van der Waals surface area contributed by atoms with Crippen molar-refractivity contribution in [3.8, 4) is 0 Å². The van der Waals surface area contributed by atoms with Crippen molar-refractivity contribution in [3.63, 3.8) is 0 Å². The Morgan fingerprint density at radius 1 is 0.518 bits per heavy atom. The summed E-state index contributed by atoms with van der Waals surface area (Å²) in [5.41, 5.74) is -0.837. The number of aliphatic hydroxyl groups is 14. The number of esters is 2. The second kappa shape index (κ2) is 18.1. The summed E-state index contributed by atoms with van der Waals surface area (Å²) in [6.07, 6.45) is -29.6. The summed E-state index contributed by atoms with van der Waals surface area (Å²) in [5, 5.41) is 143. The van der Waals surface area contributed by atoms with Crippen LogP contribution in [0.1, 0.15) is 20.7 Å². The topological polar surface area (TPSA) is 391 Å². The quantitative estimate of drug-likeness (QED) is 0.0775. The summed E-state index contributed by atoms with van der Waals surface area (Å²) in [4.78, 5) is 26.4. The van der Waals surface area contributed by atoms with Crippen LogP contribution in [0.2, 0.25) is 0 Å². The molecule has 4 aliphatic rings. The van der Waals surface area contributed by atoms with Gasteiger partial charge in [-0.2, -0.15) is 0 Å². The Morgan fingerprint density at radius 2 is 0.875 bits per heavy atom. The van der Waals surface area contributed by atoms with E-state index in [9.17, 15) is 81.1 Å². The number of rotatable bonds is 14. The van der Waals surface area contributed by atoms with Crippen molar-refractivity contribution in [2.24, 2.45) is 0 Å². The van der Waals surface area contributed by atoms with Gasteiger partial charge in [-0.25, -0.2) is 9.59 Å². The van der Waals surface area contributed by atoms with E-state index in [-0.39, 0.29) is 0 Å². The third-order valence-corrected chi connectivity index (χ3v) is 9.91. The second-order valence-electron chi connectivity index (χ2n) is 13.5. The minimum atomic E-state index is -2.46. The lowest BCUT2D eigenvalue weighted by Crippen LogP contribution is -2.63. The van der Waals surface area contributed by atoms with Crippen LogP contribution in [0.4, 0.5) is 0 Å². The van der Waals surface area contributed by atoms with Gasteiger partial charge in [-0.05, 0) is 12.1 Å². The molecular formula is C32H46O24. The van der Waals surface area contributed by atoms with E-state index in [1.807, 2.05) is 0 Å². The highest BCUT2D eigenvalue weighted by molar-refractivity contribution is 6.03. The molecule has 4 saturated heterocycles. The molecule has 0 spiro atoms. The molecule has 0 radical (unpaired) electrons. The highest BCUT2D eigenvalue weighted by Gasteiger charge is 2.60. The van der Waals surface area contributed by atoms with Crippen molar-refractivity contribution in [1.82, 2.24) is 0 Å². The second-order valence-corrected chi connectivity index (χ2v) is 13.5. The van der Waals surface area contributed by atoms with Gasteiger partial charge in [-0.3, -0.25) is 0 Å². The molecule has 14 N–H and O–H groups in total. The van der Waals surface area contributed by atoms with Crippen molar-refractivity contribution in [2.75, 3.05) is 39.6 Å². The van der Waals surface area contributed by atoms with Gasteiger partial charge in [0.2, 0.25) is 11.6 Å². The molecule has 0 saturated carbocycles. The normalized spacial score (nSPS) is 44.1. The number of carbonyl (C=O) groups excluding carboxylic acids is 2. The fourth-order valence-electron chi connectivity index (χ4n) is 6.55. The number of aliphatic hydroxyl groups excluding tert-OH is 14. The molecule has 0 aromatic heterocycles. The smallest absolute Gasteiger partial charge is 0.339 e. The molecule has 318 valence electrons. The van der Waals surface area contributed by atoms with Crippen LogP contribution in [0, 0.1) is 0 Å². The Labute approximate surface area is 315 Å². The first kappa shape index (κ1) is 44.5. The Balaban J connectivity index is 1.22. The highest BCUT2D eigenvalue weighted by Crippen LogP contribution is 2.37. The van der Waals surface area contributed by atoms with E-state index < -0.39 is 172 Å². The van der Waals surface area contributed by atoms with Crippen molar-refractivity contribution in [1.29, 1.82) is 0 Å². The van der Waals surface area contributed by atoms with Gasteiger partial charge in [0.1, 0.15) is 112 Å². The van der Waals surface area contributed by atoms with Crippen molar-refractivity contribution >= 4 is 11.9 Å². The zero-order valence-corrected chi connectivity index (χ0v) is 29.1. The molecule has 24 nitrogen and oxygen atoms in total. The molecule has 0 unspecified atom stereocenters. The highest BCUT2D eigenvalue weighted by atomic mass is 16.8. The molecule has 1 aromatic rings. The van der Waals surface area contributed by atoms with Gasteiger partial charge in [0.05, 0.1) is 24.3 Å². The monoisotopic (exact) mass is 814 g/mol. The lowest BCUT2D eigenvalue weighted by molar-refractivity contribution is -0.383. The number of ether oxygens (including phenoxy) is 8. The lowest BCUT2D eigenvalue weighted by atomic mass is 9.98. The Morgan fingerprint density at radius 3 is 1.18 bits per heavy atom. The zero-order chi connectivity index (χ0) is 41.3. The fourth-order valence-corrected chi connectivity index (χ4v) is 6.55. The molecule has 4 fully saturated rings. The third kappa shape index (κ3) is 8.42. The largest absolute Gasteiger partial charge is 0.459 e. The first-order valence-corrected chi connectivity index (χ1v) is 17.2. The van der Waals surface area contributed by atoms with Gasteiger partial charge in [-0.1, -0.05) is 12.1 Å². The van der Waals surface area contributed by atoms with Crippen LogP contribution in [-0.4, -0.2) is 233 Å². The summed E-state index contributed by atoms with van der Waals surface area (Å²) >= 11 is 0. The maximum absolute atomic E-state index is 13.2. The average molecular weight is 815 g/mol. The number of hydrogen-bond donors (Lipinski definition) is 14. The predicted octanol–water partition coefficient (Wildman–Crippen LogP) is -8.75. The summed E-state index contributed by atoms with van der Waals surface area (Å²) in [5.74, 6) is -7.35. The van der Waals surface area contributed by atoms with Crippen LogP contribution in [0.25, 0.3) is 0 Å². The van der Waals surface area contributed by atoms with Crippen molar-refractivity contribution in [2.45, 2.75) is 110 Å². The van der Waals surface area contributed by atoms with Crippen LogP contribution >= 0.6 is 0 Å². The Bertz CT molecular complexity index is 1380. The molecule has 0 aliphatic carbocycles. The first-order valence-electron chi connectivity index (χ1n) is 17.2. The molecule has 1 aromatic carbocycles. The predicted molar refractivity (Wildman–Crippen MR) is 170 cm³/mol. The molecule has 5 rings (SSSR count). The lowest BCUT2D eigenvalue weighted by Gasteiger charge is -2.43. The molecule has 24 heteroatoms. The van der Waals surface area contributed by atoms with Gasteiger partial charge in [0.15, 0.2) is 12.6 Å². The van der Waals surface area contributed by atoms with Gasteiger partial charge >= 0.3 is 11.9 Å². The van der Waals surface area contributed by atoms with Gasteiger partial charge in [0.25, 0.3) is 0 Å². The maximum atomic E-state index is 13.2. The van der Waals surface area contributed by atoms with Crippen molar-refractivity contribution < 1.29 is 119 Å². The van der Waals surface area contributed by atoms with Crippen LogP contribution < -0.4 is 0 Å². The standard InChI is InChI=1S/C32H46O24/c33-5-13-19(39)25(45)31(9-35,53-13)55-29-23(43)21(41)17(37)15(51-29)7-49-27(47)11-3-1-2-4-12(11)28(48)50-8-16-18(38)22(42)24(44)30(52-16)56-32(10-36)26(46)20(40)14(6-34)54-32/h1-4,13-26,29-30,33-46H,5-10H2/t13-,14-,15-,16-,17-,18-,19-,20-,21+,22+,23-,24-,25+,26+,29-,30-,31+,32+/m1/s1. The van der Waals surface area contributed by atoms with Gasteiger partial charge in [0, 0.05) is 0 Å². The molecule has 0 bridgehead atoms. The number of carbonyl (C=O) groups is 2. The summed E-state index contributed by atoms with van der Waals surface area (Å²) in [6, 6.07) is 4.95. The van der Waals surface area contributed by atoms with E-state index in [0.717, 1.165) is 12.1 Å². The van der Waals surface area contributed by atoms with E-state index in [1.54, 1.807) is 0 Å². The fraction of sp³-hybridized carbons (Fsp3) is 0.750. The third-order valence-electron chi connectivity index (χ3n) is 9.91. The van der Waals surface area contributed by atoms with Gasteiger partial charge in [-0.15, -0.1) is 0 Å². The number of hydrogen-bond acceptors (Lipinski definition) is 24. The molecule has 18 atom stereocenters. The summed E-state index contributed by atoms with van der Waals surface area (Å²) in [6.45, 7) is -5.61. The summed E-state index contributed by atoms with van der Waals surface area (Å²) in [7, 11) is 0. The van der Waals surface area contributed by atoms with Crippen LogP contribution in [0.5, 0.6) is 0 Å². The maximum Gasteiger partial charge on any atom is 0.339 e. The molecule has 0 amide bonds. The first-order chi connectivity index (χ1) is 26.5. The molecular weight excluding hydrogens is 768 g/mol. The van der Waals surface area contributed by atoms with E-state index >= 15 is 0 Å².